The van der Waals surface area contributed by atoms with Gasteiger partial charge in [0.1, 0.15) is 0 Å². The number of aliphatic hydroxyl groups excluding tert-OH is 1. The first-order chi connectivity index (χ1) is 7.95. The zero-order valence-corrected chi connectivity index (χ0v) is 11.3. The van der Waals surface area contributed by atoms with E-state index in [0.29, 0.717) is 0 Å². The molecule has 0 fully saturated rings. The molecule has 1 atom stereocenters. The standard InChI is InChI=1S/C14H24N2O/c1-14(2,3)13(11-17)16(4)10-8-12-7-5-6-9-15-12/h5-7,9,13,17H,8,10-11H2,1-4H3. The summed E-state index contributed by atoms with van der Waals surface area (Å²) in [4.78, 5) is 6.53. The van der Waals surface area contributed by atoms with Crippen molar-refractivity contribution in [1.82, 2.24) is 9.88 Å². The van der Waals surface area contributed by atoms with Gasteiger partial charge in [0.25, 0.3) is 0 Å². The van der Waals surface area contributed by atoms with Crippen molar-refractivity contribution in [3.05, 3.63) is 30.1 Å². The van der Waals surface area contributed by atoms with Crippen LogP contribution in [-0.2, 0) is 6.42 Å². The SMILES string of the molecule is CN(CCc1ccccn1)C(CO)C(C)(C)C. The molecule has 1 unspecified atom stereocenters. The third kappa shape index (κ3) is 4.44. The normalized spacial score (nSPS) is 14.0. The topological polar surface area (TPSA) is 36.4 Å². The molecule has 3 heteroatoms. The van der Waals surface area contributed by atoms with Crippen molar-refractivity contribution >= 4 is 0 Å². The molecule has 1 heterocycles. The predicted molar refractivity (Wildman–Crippen MR) is 70.9 cm³/mol. The van der Waals surface area contributed by atoms with Crippen molar-refractivity contribution in [2.24, 2.45) is 5.41 Å². The lowest BCUT2D eigenvalue weighted by atomic mass is 9.86. The number of rotatable bonds is 5. The van der Waals surface area contributed by atoms with Gasteiger partial charge in [-0.2, -0.15) is 0 Å². The molecule has 1 rings (SSSR count). The Hall–Kier alpha value is -0.930. The van der Waals surface area contributed by atoms with E-state index in [-0.39, 0.29) is 18.1 Å². The summed E-state index contributed by atoms with van der Waals surface area (Å²) >= 11 is 0. The van der Waals surface area contributed by atoms with E-state index in [9.17, 15) is 5.11 Å². The molecule has 17 heavy (non-hydrogen) atoms. The number of aliphatic hydroxyl groups is 1. The van der Waals surface area contributed by atoms with E-state index in [2.05, 4.69) is 37.7 Å². The number of nitrogens with zero attached hydrogens (tertiary/aromatic N) is 2. The van der Waals surface area contributed by atoms with Crippen molar-refractivity contribution in [1.29, 1.82) is 0 Å². The van der Waals surface area contributed by atoms with Gasteiger partial charge >= 0.3 is 0 Å². The lowest BCUT2D eigenvalue weighted by Gasteiger charge is -2.36. The number of likely N-dealkylation sites (N-methyl/N-ethyl adjacent to an activating group) is 1. The first-order valence-electron chi connectivity index (χ1n) is 6.16. The summed E-state index contributed by atoms with van der Waals surface area (Å²) < 4.78 is 0. The molecule has 1 aromatic rings. The van der Waals surface area contributed by atoms with Gasteiger partial charge in [0, 0.05) is 30.9 Å². The number of hydrogen-bond acceptors (Lipinski definition) is 3. The largest absolute Gasteiger partial charge is 0.395 e. The van der Waals surface area contributed by atoms with E-state index in [4.69, 9.17) is 0 Å². The Morgan fingerprint density at radius 3 is 2.53 bits per heavy atom. The third-order valence-electron chi connectivity index (χ3n) is 3.15. The molecule has 1 N–H and O–H groups in total. The highest BCUT2D eigenvalue weighted by Crippen LogP contribution is 2.23. The van der Waals surface area contributed by atoms with Crippen LogP contribution < -0.4 is 0 Å². The van der Waals surface area contributed by atoms with Crippen molar-refractivity contribution in [3.63, 3.8) is 0 Å². The molecule has 0 bridgehead atoms. The van der Waals surface area contributed by atoms with Crippen LogP contribution >= 0.6 is 0 Å². The van der Waals surface area contributed by atoms with Crippen molar-refractivity contribution in [2.75, 3.05) is 20.2 Å². The first-order valence-corrected chi connectivity index (χ1v) is 6.16. The van der Waals surface area contributed by atoms with Gasteiger partial charge < -0.3 is 10.0 Å². The fourth-order valence-electron chi connectivity index (χ4n) is 2.07. The summed E-state index contributed by atoms with van der Waals surface area (Å²) in [6, 6.07) is 6.17. The van der Waals surface area contributed by atoms with Crippen LogP contribution in [0.15, 0.2) is 24.4 Å². The predicted octanol–water partition coefficient (Wildman–Crippen LogP) is 1.96. The fraction of sp³-hybridized carbons (Fsp3) is 0.643. The summed E-state index contributed by atoms with van der Waals surface area (Å²) in [6.07, 6.45) is 2.74. The van der Waals surface area contributed by atoms with E-state index in [1.165, 1.54) is 0 Å². The summed E-state index contributed by atoms with van der Waals surface area (Å²) in [5.41, 5.74) is 1.19. The van der Waals surface area contributed by atoms with Gasteiger partial charge in [0.2, 0.25) is 0 Å². The van der Waals surface area contributed by atoms with E-state index in [1.54, 1.807) is 0 Å². The Morgan fingerprint density at radius 2 is 2.06 bits per heavy atom. The summed E-state index contributed by atoms with van der Waals surface area (Å²) in [6.45, 7) is 7.59. The van der Waals surface area contributed by atoms with Crippen LogP contribution in [-0.4, -0.2) is 41.2 Å². The van der Waals surface area contributed by atoms with Gasteiger partial charge in [-0.05, 0) is 24.6 Å². The van der Waals surface area contributed by atoms with E-state index < -0.39 is 0 Å². The van der Waals surface area contributed by atoms with Gasteiger partial charge in [-0.1, -0.05) is 26.8 Å². The van der Waals surface area contributed by atoms with Gasteiger partial charge in [0.15, 0.2) is 0 Å². The van der Waals surface area contributed by atoms with Gasteiger partial charge in [-0.15, -0.1) is 0 Å². The van der Waals surface area contributed by atoms with E-state index in [1.807, 2.05) is 24.4 Å². The smallest absolute Gasteiger partial charge is 0.0591 e. The van der Waals surface area contributed by atoms with Crippen molar-refractivity contribution in [2.45, 2.75) is 33.2 Å². The lowest BCUT2D eigenvalue weighted by Crippen LogP contribution is -2.45. The molecule has 0 aliphatic heterocycles. The quantitative estimate of drug-likeness (QED) is 0.849. The van der Waals surface area contributed by atoms with Crippen molar-refractivity contribution < 1.29 is 5.11 Å². The average Bonchev–Trinajstić information content (AvgIpc) is 2.27. The number of hydrogen-bond donors (Lipinski definition) is 1. The summed E-state index contributed by atoms with van der Waals surface area (Å²) in [5, 5.41) is 9.47. The molecule has 0 aliphatic carbocycles. The molecule has 0 amide bonds. The molecule has 0 radical (unpaired) electrons. The van der Waals surface area contributed by atoms with Crippen LogP contribution in [0.1, 0.15) is 26.5 Å². The minimum atomic E-state index is 0.0909. The van der Waals surface area contributed by atoms with E-state index in [0.717, 1.165) is 18.7 Å². The van der Waals surface area contributed by atoms with Crippen LogP contribution in [0.4, 0.5) is 0 Å². The molecule has 96 valence electrons. The Morgan fingerprint density at radius 1 is 1.35 bits per heavy atom. The molecule has 0 saturated heterocycles. The second-order valence-electron chi connectivity index (χ2n) is 5.62. The Bertz CT molecular complexity index is 319. The second kappa shape index (κ2) is 6.12. The molecular formula is C14H24N2O. The highest BCUT2D eigenvalue weighted by Gasteiger charge is 2.27. The van der Waals surface area contributed by atoms with Gasteiger partial charge in [0.05, 0.1) is 6.61 Å². The van der Waals surface area contributed by atoms with Crippen LogP contribution in [0.5, 0.6) is 0 Å². The summed E-state index contributed by atoms with van der Waals surface area (Å²) in [7, 11) is 2.06. The van der Waals surface area contributed by atoms with Crippen LogP contribution in [0, 0.1) is 5.41 Å². The van der Waals surface area contributed by atoms with Crippen molar-refractivity contribution in [3.8, 4) is 0 Å². The third-order valence-corrected chi connectivity index (χ3v) is 3.15. The van der Waals surface area contributed by atoms with Crippen LogP contribution in [0.2, 0.25) is 0 Å². The Balaban J connectivity index is 2.51. The Labute approximate surface area is 104 Å². The maximum atomic E-state index is 9.47. The summed E-state index contributed by atoms with van der Waals surface area (Å²) in [5.74, 6) is 0. The average molecular weight is 236 g/mol. The number of pyridine rings is 1. The molecule has 0 aromatic carbocycles. The first kappa shape index (κ1) is 14.1. The van der Waals surface area contributed by atoms with Gasteiger partial charge in [-0.3, -0.25) is 4.98 Å². The molecule has 0 spiro atoms. The Kier molecular flexibility index (Phi) is 5.09. The zero-order chi connectivity index (χ0) is 12.9. The second-order valence-corrected chi connectivity index (χ2v) is 5.62. The molecule has 0 saturated carbocycles. The monoisotopic (exact) mass is 236 g/mol. The highest BCUT2D eigenvalue weighted by atomic mass is 16.3. The zero-order valence-electron chi connectivity index (χ0n) is 11.3. The maximum absolute atomic E-state index is 9.47. The van der Waals surface area contributed by atoms with Crippen LogP contribution in [0.25, 0.3) is 0 Å². The molecule has 0 aliphatic rings. The molecule has 1 aromatic heterocycles. The van der Waals surface area contributed by atoms with Gasteiger partial charge in [-0.25, -0.2) is 0 Å². The van der Waals surface area contributed by atoms with Crippen LogP contribution in [0.3, 0.4) is 0 Å². The molecular weight excluding hydrogens is 212 g/mol. The highest BCUT2D eigenvalue weighted by molar-refractivity contribution is 5.03. The van der Waals surface area contributed by atoms with E-state index >= 15 is 0 Å². The number of aromatic nitrogens is 1. The molecule has 3 nitrogen and oxygen atoms in total. The minimum absolute atomic E-state index is 0.0909. The lowest BCUT2D eigenvalue weighted by molar-refractivity contribution is 0.0669. The minimum Gasteiger partial charge on any atom is -0.395 e. The maximum Gasteiger partial charge on any atom is 0.0591 e. The fourth-order valence-corrected chi connectivity index (χ4v) is 2.07.